The van der Waals surface area contributed by atoms with Gasteiger partial charge in [0.1, 0.15) is 18.2 Å². The Balaban J connectivity index is 2.29. The molecule has 0 heterocycles. The third-order valence-corrected chi connectivity index (χ3v) is 4.45. The van der Waals surface area contributed by atoms with Crippen LogP contribution in [-0.4, -0.2) is 19.6 Å². The third-order valence-electron chi connectivity index (χ3n) is 3.33. The van der Waals surface area contributed by atoms with Crippen molar-refractivity contribution in [2.75, 3.05) is 19.0 Å². The molecular formula is C20H14Br2N2O3. The molecule has 0 aromatic heterocycles. The molecule has 0 spiro atoms. The molecule has 1 amide bonds. The van der Waals surface area contributed by atoms with Crippen LogP contribution in [0.15, 0.2) is 50.9 Å². The lowest BCUT2D eigenvalue weighted by atomic mass is 10.1. The first-order valence-corrected chi connectivity index (χ1v) is 9.19. The van der Waals surface area contributed by atoms with Crippen LogP contribution in [0.3, 0.4) is 0 Å². The van der Waals surface area contributed by atoms with Gasteiger partial charge in [-0.05, 0) is 64.0 Å². The van der Waals surface area contributed by atoms with E-state index >= 15 is 0 Å². The van der Waals surface area contributed by atoms with E-state index in [1.807, 2.05) is 6.07 Å². The zero-order chi connectivity index (χ0) is 19.8. The van der Waals surface area contributed by atoms with Crippen LogP contribution in [0, 0.1) is 23.7 Å². The van der Waals surface area contributed by atoms with Gasteiger partial charge in [-0.2, -0.15) is 5.26 Å². The highest BCUT2D eigenvalue weighted by atomic mass is 79.9. The normalized spacial score (nSPS) is 10.5. The van der Waals surface area contributed by atoms with Gasteiger partial charge in [0.2, 0.25) is 0 Å². The molecule has 0 aliphatic heterocycles. The van der Waals surface area contributed by atoms with Gasteiger partial charge < -0.3 is 14.8 Å². The Morgan fingerprint density at radius 1 is 1.30 bits per heavy atom. The fourth-order valence-electron chi connectivity index (χ4n) is 2.12. The molecule has 0 radical (unpaired) electrons. The molecule has 0 unspecified atom stereocenters. The number of methoxy groups -OCH3 is 1. The van der Waals surface area contributed by atoms with Gasteiger partial charge in [0.25, 0.3) is 5.91 Å². The molecule has 27 heavy (non-hydrogen) atoms. The average molecular weight is 490 g/mol. The fraction of sp³-hybridized carbons (Fsp3) is 0.100. The van der Waals surface area contributed by atoms with Crippen LogP contribution in [0.25, 0.3) is 6.08 Å². The molecule has 1 N–H and O–H groups in total. The predicted octanol–water partition coefficient (Wildman–Crippen LogP) is 4.78. The van der Waals surface area contributed by atoms with Crippen molar-refractivity contribution in [3.05, 3.63) is 56.5 Å². The smallest absolute Gasteiger partial charge is 0.266 e. The van der Waals surface area contributed by atoms with Crippen molar-refractivity contribution in [2.24, 2.45) is 0 Å². The number of terminal acetylenes is 1. The van der Waals surface area contributed by atoms with Gasteiger partial charge in [-0.1, -0.05) is 21.9 Å². The molecule has 136 valence electrons. The topological polar surface area (TPSA) is 71.3 Å². The van der Waals surface area contributed by atoms with Gasteiger partial charge in [0.15, 0.2) is 11.5 Å². The van der Waals surface area contributed by atoms with Gasteiger partial charge in [-0.3, -0.25) is 4.79 Å². The summed E-state index contributed by atoms with van der Waals surface area (Å²) in [5.74, 6) is 2.75. The van der Waals surface area contributed by atoms with E-state index in [2.05, 4.69) is 43.1 Å². The Kier molecular flexibility index (Phi) is 7.48. The standard InChI is InChI=1S/C20H14Br2N2O3/c1-3-8-27-19-17(22)10-13(11-18(19)26-2)9-14(12-23)20(25)24-16-6-4-15(21)5-7-16/h1,4-7,9-11H,8H2,2H3,(H,24,25)/b14-9-. The highest BCUT2D eigenvalue weighted by Crippen LogP contribution is 2.37. The fourth-order valence-corrected chi connectivity index (χ4v) is 2.96. The molecule has 0 aliphatic rings. The van der Waals surface area contributed by atoms with Crippen LogP contribution in [-0.2, 0) is 4.79 Å². The Hall–Kier alpha value is -2.74. The second-order valence-electron chi connectivity index (χ2n) is 5.16. The summed E-state index contributed by atoms with van der Waals surface area (Å²) < 4.78 is 12.2. The predicted molar refractivity (Wildman–Crippen MR) is 111 cm³/mol. The minimum absolute atomic E-state index is 0.0517. The van der Waals surface area contributed by atoms with Crippen LogP contribution in [0.4, 0.5) is 5.69 Å². The molecule has 7 heteroatoms. The number of carbonyl (C=O) groups excluding carboxylic acids is 1. The van der Waals surface area contributed by atoms with Crippen molar-refractivity contribution in [3.63, 3.8) is 0 Å². The number of hydrogen-bond donors (Lipinski definition) is 1. The Labute approximate surface area is 174 Å². The minimum atomic E-state index is -0.512. The lowest BCUT2D eigenvalue weighted by molar-refractivity contribution is -0.112. The largest absolute Gasteiger partial charge is 0.493 e. The molecule has 2 aromatic carbocycles. The Morgan fingerprint density at radius 2 is 2.00 bits per heavy atom. The van der Waals surface area contributed by atoms with Crippen LogP contribution in [0.2, 0.25) is 0 Å². The highest BCUT2D eigenvalue weighted by molar-refractivity contribution is 9.10. The van der Waals surface area contributed by atoms with Crippen LogP contribution >= 0.6 is 31.9 Å². The van der Waals surface area contributed by atoms with E-state index in [4.69, 9.17) is 15.9 Å². The first kappa shape index (κ1) is 20.6. The van der Waals surface area contributed by atoms with E-state index in [0.29, 0.717) is 27.2 Å². The molecule has 0 aliphatic carbocycles. The van der Waals surface area contributed by atoms with E-state index < -0.39 is 5.91 Å². The second-order valence-corrected chi connectivity index (χ2v) is 6.93. The maximum Gasteiger partial charge on any atom is 0.266 e. The van der Waals surface area contributed by atoms with Gasteiger partial charge in [-0.15, -0.1) is 6.42 Å². The zero-order valence-electron chi connectivity index (χ0n) is 14.3. The number of amides is 1. The quantitative estimate of drug-likeness (QED) is 0.360. The van der Waals surface area contributed by atoms with Gasteiger partial charge in [0, 0.05) is 10.2 Å². The average Bonchev–Trinajstić information content (AvgIpc) is 2.66. The first-order valence-electron chi connectivity index (χ1n) is 7.61. The third kappa shape index (κ3) is 5.62. The summed E-state index contributed by atoms with van der Waals surface area (Å²) in [5.41, 5.74) is 1.12. The molecule has 0 saturated carbocycles. The number of benzene rings is 2. The summed E-state index contributed by atoms with van der Waals surface area (Å²) in [4.78, 5) is 12.4. The molecule has 2 aromatic rings. The van der Waals surface area contributed by atoms with E-state index in [-0.39, 0.29) is 12.2 Å². The number of ether oxygens (including phenoxy) is 2. The highest BCUT2D eigenvalue weighted by Gasteiger charge is 2.14. The number of rotatable bonds is 6. The van der Waals surface area contributed by atoms with Gasteiger partial charge in [-0.25, -0.2) is 0 Å². The summed E-state index contributed by atoms with van der Waals surface area (Å²) in [7, 11) is 1.49. The summed E-state index contributed by atoms with van der Waals surface area (Å²) >= 11 is 6.71. The molecule has 0 saturated heterocycles. The van der Waals surface area contributed by atoms with Crippen molar-refractivity contribution in [2.45, 2.75) is 0 Å². The molecule has 2 rings (SSSR count). The van der Waals surface area contributed by atoms with Crippen LogP contribution in [0.5, 0.6) is 11.5 Å². The second kappa shape index (κ2) is 9.82. The lowest BCUT2D eigenvalue weighted by Crippen LogP contribution is -2.13. The molecule has 0 fully saturated rings. The van der Waals surface area contributed by atoms with Crippen LogP contribution < -0.4 is 14.8 Å². The summed E-state index contributed by atoms with van der Waals surface area (Å²) in [5, 5.41) is 12.1. The van der Waals surface area contributed by atoms with E-state index in [1.54, 1.807) is 36.4 Å². The number of carbonyl (C=O) groups is 1. The number of nitrogens with zero attached hydrogens (tertiary/aromatic N) is 1. The van der Waals surface area contributed by atoms with E-state index in [9.17, 15) is 10.1 Å². The summed E-state index contributed by atoms with van der Waals surface area (Å²) in [6.45, 7) is 0.0865. The Bertz CT molecular complexity index is 955. The molecular weight excluding hydrogens is 476 g/mol. The van der Waals surface area contributed by atoms with E-state index in [1.165, 1.54) is 13.2 Å². The number of hydrogen-bond acceptors (Lipinski definition) is 4. The van der Waals surface area contributed by atoms with Crippen molar-refractivity contribution >= 4 is 49.5 Å². The molecule has 0 atom stereocenters. The van der Waals surface area contributed by atoms with E-state index in [0.717, 1.165) is 4.47 Å². The van der Waals surface area contributed by atoms with Crippen molar-refractivity contribution in [1.82, 2.24) is 0 Å². The molecule has 5 nitrogen and oxygen atoms in total. The van der Waals surface area contributed by atoms with Crippen molar-refractivity contribution in [1.29, 1.82) is 5.26 Å². The molecule has 0 bridgehead atoms. The van der Waals surface area contributed by atoms with Crippen LogP contribution in [0.1, 0.15) is 5.56 Å². The van der Waals surface area contributed by atoms with Gasteiger partial charge in [0.05, 0.1) is 11.6 Å². The summed E-state index contributed by atoms with van der Waals surface area (Å²) in [6, 6.07) is 12.3. The number of nitrogens with one attached hydrogen (secondary N) is 1. The van der Waals surface area contributed by atoms with Crippen molar-refractivity contribution < 1.29 is 14.3 Å². The number of halogens is 2. The maximum atomic E-state index is 12.4. The number of anilines is 1. The van der Waals surface area contributed by atoms with Crippen molar-refractivity contribution in [3.8, 4) is 29.9 Å². The number of nitriles is 1. The summed E-state index contributed by atoms with van der Waals surface area (Å²) in [6.07, 6.45) is 6.68. The minimum Gasteiger partial charge on any atom is -0.493 e. The first-order chi connectivity index (χ1) is 13.0. The maximum absolute atomic E-state index is 12.4. The monoisotopic (exact) mass is 488 g/mol. The Morgan fingerprint density at radius 3 is 2.59 bits per heavy atom. The lowest BCUT2D eigenvalue weighted by Gasteiger charge is -2.12. The SMILES string of the molecule is C#CCOc1c(Br)cc(/C=C(/C#N)C(=O)Nc2ccc(Br)cc2)cc1OC. The van der Waals surface area contributed by atoms with Gasteiger partial charge >= 0.3 is 0 Å². The zero-order valence-corrected chi connectivity index (χ0v) is 17.4.